The van der Waals surface area contributed by atoms with E-state index in [2.05, 4.69) is 4.74 Å². The van der Waals surface area contributed by atoms with Crippen molar-refractivity contribution in [1.29, 1.82) is 0 Å². The first-order valence-corrected chi connectivity index (χ1v) is 16.9. The molecule has 9 nitrogen and oxygen atoms in total. The van der Waals surface area contributed by atoms with Crippen molar-refractivity contribution in [2.24, 2.45) is 27.1 Å². The van der Waals surface area contributed by atoms with Gasteiger partial charge in [0.1, 0.15) is 43.0 Å². The fourth-order valence-corrected chi connectivity index (χ4v) is 2.18. The van der Waals surface area contributed by atoms with Gasteiger partial charge in [0, 0.05) is 47.2 Å². The van der Waals surface area contributed by atoms with Gasteiger partial charge in [0.15, 0.2) is 17.3 Å². The van der Waals surface area contributed by atoms with Crippen molar-refractivity contribution in [3.8, 4) is 5.75 Å². The third-order valence-corrected chi connectivity index (χ3v) is 6.79. The van der Waals surface area contributed by atoms with Crippen molar-refractivity contribution in [2.75, 3.05) is 47.6 Å². The van der Waals surface area contributed by atoms with Gasteiger partial charge in [0.2, 0.25) is 0 Å². The molecule has 0 heterocycles. The number of nitrogens with zero attached hydrogens (tertiary/aromatic N) is 1. The molecular weight excluding hydrogens is 641 g/mol. The van der Waals surface area contributed by atoms with Crippen LogP contribution < -0.4 is 4.74 Å². The van der Waals surface area contributed by atoms with E-state index in [9.17, 15) is 28.4 Å². The first-order chi connectivity index (χ1) is 22.1. The highest BCUT2D eigenvalue weighted by Gasteiger charge is 2.22. The van der Waals surface area contributed by atoms with Gasteiger partial charge in [-0.1, -0.05) is 104 Å². The maximum Gasteiger partial charge on any atom is 0.175 e. The van der Waals surface area contributed by atoms with Crippen LogP contribution in [0, 0.1) is 32.9 Å². The molecule has 0 atom stereocenters. The Labute approximate surface area is 304 Å². The molecule has 292 valence electrons. The van der Waals surface area contributed by atoms with Crippen LogP contribution in [0.3, 0.4) is 0 Å². The van der Waals surface area contributed by atoms with Gasteiger partial charge >= 0.3 is 0 Å². The zero-order valence-electron chi connectivity index (χ0n) is 35.0. The molecular formula is C40H72FNO8. The number of aliphatic hydroxyl groups is 1. The summed E-state index contributed by atoms with van der Waals surface area (Å²) in [4.78, 5) is 56.9. The van der Waals surface area contributed by atoms with Crippen molar-refractivity contribution in [1.82, 2.24) is 4.90 Å². The minimum atomic E-state index is -0.403. The lowest BCUT2D eigenvalue weighted by atomic mass is 9.89. The second-order valence-electron chi connectivity index (χ2n) is 17.4. The second-order valence-corrected chi connectivity index (χ2v) is 17.4. The maximum absolute atomic E-state index is 12.6. The van der Waals surface area contributed by atoms with Crippen LogP contribution in [-0.4, -0.2) is 86.5 Å². The summed E-state index contributed by atoms with van der Waals surface area (Å²) >= 11 is 0. The highest BCUT2D eigenvalue weighted by Crippen LogP contribution is 2.18. The normalized spacial score (nSPS) is 11.6. The average Bonchev–Trinajstić information content (AvgIpc) is 2.94. The summed E-state index contributed by atoms with van der Waals surface area (Å²) in [5.41, 5.74) is -1.35. The lowest BCUT2D eigenvalue weighted by Gasteiger charge is -2.17. The van der Waals surface area contributed by atoms with Crippen LogP contribution in [0.1, 0.15) is 117 Å². The van der Waals surface area contributed by atoms with Crippen molar-refractivity contribution >= 4 is 28.9 Å². The number of benzene rings is 1. The number of carbonyl (C=O) groups is 5. The minimum absolute atomic E-state index is 0.0202. The summed E-state index contributed by atoms with van der Waals surface area (Å²) in [5, 5.41) is 8.32. The second kappa shape index (κ2) is 24.4. The summed E-state index contributed by atoms with van der Waals surface area (Å²) in [6.45, 7) is 30.5. The summed E-state index contributed by atoms with van der Waals surface area (Å²) in [5.74, 6) is 0.825. The summed E-state index contributed by atoms with van der Waals surface area (Å²) in [7, 11) is 5.50. The van der Waals surface area contributed by atoms with E-state index in [1.165, 1.54) is 31.4 Å². The van der Waals surface area contributed by atoms with Crippen LogP contribution in [0.25, 0.3) is 0 Å². The Hall–Kier alpha value is -2.82. The molecule has 0 aliphatic heterocycles. The molecule has 1 rings (SSSR count). The van der Waals surface area contributed by atoms with E-state index in [1.807, 2.05) is 102 Å². The number of Topliss-reactive ketones (excluding diaryl/α,β-unsaturated/α-hetero) is 5. The number of ether oxygens (including phenoxy) is 2. The first-order valence-electron chi connectivity index (χ1n) is 16.9. The van der Waals surface area contributed by atoms with Gasteiger partial charge in [-0.15, -0.1) is 0 Å². The molecule has 0 saturated heterocycles. The number of methoxy groups -OCH3 is 1. The van der Waals surface area contributed by atoms with Crippen LogP contribution in [0.15, 0.2) is 24.3 Å². The Kier molecular flexibility index (Phi) is 26.3. The lowest BCUT2D eigenvalue weighted by molar-refractivity contribution is -0.130. The molecule has 50 heavy (non-hydrogen) atoms. The van der Waals surface area contributed by atoms with Gasteiger partial charge in [0.05, 0.1) is 0 Å². The largest absolute Gasteiger partial charge is 0.486 e. The van der Waals surface area contributed by atoms with E-state index >= 15 is 0 Å². The van der Waals surface area contributed by atoms with Gasteiger partial charge in [-0.25, -0.2) is 4.39 Å². The zero-order valence-corrected chi connectivity index (χ0v) is 35.0. The highest BCUT2D eigenvalue weighted by atomic mass is 19.1. The molecule has 0 spiro atoms. The van der Waals surface area contributed by atoms with E-state index in [0.717, 1.165) is 6.54 Å². The Balaban J connectivity index is -0.000000273. The van der Waals surface area contributed by atoms with Gasteiger partial charge in [-0.2, -0.15) is 0 Å². The molecule has 1 aromatic carbocycles. The molecule has 0 radical (unpaired) electrons. The Morgan fingerprint density at radius 1 is 0.620 bits per heavy atom. The fraction of sp³-hybridized carbons (Fsp3) is 0.725. The van der Waals surface area contributed by atoms with E-state index in [-0.39, 0.29) is 70.4 Å². The van der Waals surface area contributed by atoms with Crippen molar-refractivity contribution < 1.29 is 42.9 Å². The van der Waals surface area contributed by atoms with Crippen molar-refractivity contribution in [3.05, 3.63) is 30.1 Å². The topological polar surface area (TPSA) is 127 Å². The number of aliphatic hydroxyl groups excluding tert-OH is 1. The van der Waals surface area contributed by atoms with E-state index in [0.29, 0.717) is 18.0 Å². The van der Waals surface area contributed by atoms with Crippen molar-refractivity contribution in [3.63, 3.8) is 0 Å². The molecule has 0 saturated carbocycles. The average molecular weight is 714 g/mol. The molecule has 0 fully saturated rings. The molecule has 0 aliphatic carbocycles. The van der Waals surface area contributed by atoms with Gasteiger partial charge in [0.25, 0.3) is 0 Å². The minimum Gasteiger partial charge on any atom is -0.486 e. The fourth-order valence-electron chi connectivity index (χ4n) is 2.18. The molecule has 0 bridgehead atoms. The van der Waals surface area contributed by atoms with Crippen LogP contribution in [0.4, 0.5) is 4.39 Å². The summed E-state index contributed by atoms with van der Waals surface area (Å²) in [6.07, 6.45) is 0.663. The quantitative estimate of drug-likeness (QED) is 0.272. The van der Waals surface area contributed by atoms with E-state index in [1.54, 1.807) is 27.7 Å². The van der Waals surface area contributed by atoms with Crippen LogP contribution in [0.2, 0.25) is 0 Å². The third kappa shape index (κ3) is 32.4. The van der Waals surface area contributed by atoms with E-state index in [4.69, 9.17) is 9.84 Å². The summed E-state index contributed by atoms with van der Waals surface area (Å²) in [6, 6.07) is 5.62. The number of rotatable bonds is 9. The SMILES string of the molecule is CC(=O)C(C)(C)C.CC(C)(C)C(=O)CO.CC(C)(C)C(=O)COc1ccc(F)cc1.CN(C)CCC(=O)C(C)(C)C.COCC(=O)C(C)(C)C. The van der Waals surface area contributed by atoms with Gasteiger partial charge < -0.3 is 19.5 Å². The monoisotopic (exact) mass is 714 g/mol. The highest BCUT2D eigenvalue weighted by molar-refractivity contribution is 5.85. The first kappa shape index (κ1) is 54.0. The predicted octanol–water partition coefficient (Wildman–Crippen LogP) is 7.84. The molecule has 10 heteroatoms. The molecule has 1 N–H and O–H groups in total. The molecule has 0 amide bonds. The number of halogens is 1. The number of hydrogen-bond donors (Lipinski definition) is 1. The van der Waals surface area contributed by atoms with Crippen LogP contribution in [0.5, 0.6) is 5.75 Å². The molecule has 0 unspecified atom stereocenters. The molecule has 1 aromatic rings. The zero-order chi connectivity index (χ0) is 40.9. The lowest BCUT2D eigenvalue weighted by Crippen LogP contribution is -2.26. The standard InChI is InChI=1S/C12H15FO2.C9H19NO.C7H14O2.C6H12O2.C6H12O/c1-12(2,3)11(14)8-15-10-6-4-9(13)5-7-10;1-9(2,3)8(11)6-7-10(4)5;1-7(2,3)6(8)5-9-4;1-6(2,3)5(8)4-7;1-5(7)6(2,3)4/h4-7H,8H2,1-3H3;6-7H2,1-5H3;5H2,1-4H3;7H,4H2,1-3H3;1-4H3. The number of hydrogen-bond acceptors (Lipinski definition) is 9. The van der Waals surface area contributed by atoms with Crippen LogP contribution in [-0.2, 0) is 28.7 Å². The number of carbonyl (C=O) groups excluding carboxylic acids is 5. The third-order valence-electron chi connectivity index (χ3n) is 6.79. The van der Waals surface area contributed by atoms with Crippen LogP contribution >= 0.6 is 0 Å². The smallest absolute Gasteiger partial charge is 0.175 e. The van der Waals surface area contributed by atoms with Crippen molar-refractivity contribution in [2.45, 2.75) is 117 Å². The van der Waals surface area contributed by atoms with Gasteiger partial charge in [-0.3, -0.25) is 24.0 Å². The summed E-state index contributed by atoms with van der Waals surface area (Å²) < 4.78 is 22.5. The van der Waals surface area contributed by atoms with Gasteiger partial charge in [-0.05, 0) is 45.3 Å². The Morgan fingerprint density at radius 3 is 1.18 bits per heavy atom. The Morgan fingerprint density at radius 2 is 0.960 bits per heavy atom. The Bertz CT molecular complexity index is 1140. The number of ketones is 5. The van der Waals surface area contributed by atoms with E-state index < -0.39 is 5.41 Å². The predicted molar refractivity (Wildman–Crippen MR) is 202 cm³/mol. The maximum atomic E-state index is 12.6. The molecule has 0 aliphatic rings. The molecule has 0 aromatic heterocycles.